The van der Waals surface area contributed by atoms with Crippen molar-refractivity contribution in [3.05, 3.63) is 0 Å². The summed E-state index contributed by atoms with van der Waals surface area (Å²) in [5.41, 5.74) is 0. The lowest BCUT2D eigenvalue weighted by molar-refractivity contribution is -0.116. The number of hydrogen-bond acceptors (Lipinski definition) is 7. The van der Waals surface area contributed by atoms with Gasteiger partial charge in [0.2, 0.25) is 0 Å². The molecule has 21 heavy (non-hydrogen) atoms. The number of hydrogen-bond donors (Lipinski definition) is 1. The van der Waals surface area contributed by atoms with Gasteiger partial charge in [0.05, 0.1) is 39.6 Å². The van der Waals surface area contributed by atoms with Crippen LogP contribution in [0.3, 0.4) is 0 Å². The summed E-state index contributed by atoms with van der Waals surface area (Å²) in [7, 11) is 3.74. The molecule has 0 saturated carbocycles. The van der Waals surface area contributed by atoms with Crippen LogP contribution in [-0.4, -0.2) is 102 Å². The molecule has 0 aliphatic heterocycles. The predicted molar refractivity (Wildman–Crippen MR) is 80.9 cm³/mol. The van der Waals surface area contributed by atoms with Crippen LogP contribution >= 0.6 is 0 Å². The first kappa shape index (κ1) is 20.7. The molecule has 0 heterocycles. The molecule has 7 heteroatoms. The van der Waals surface area contributed by atoms with E-state index in [0.29, 0.717) is 52.7 Å². The Labute approximate surface area is 128 Å². The van der Waals surface area contributed by atoms with Crippen molar-refractivity contribution in [2.24, 2.45) is 0 Å². The summed E-state index contributed by atoms with van der Waals surface area (Å²) in [6.45, 7) is 8.92. The Hall–Kier alpha value is -0.280. The van der Waals surface area contributed by atoms with Gasteiger partial charge >= 0.3 is 0 Å². The van der Waals surface area contributed by atoms with E-state index in [1.165, 1.54) is 5.06 Å². The van der Waals surface area contributed by atoms with Crippen molar-refractivity contribution in [2.45, 2.75) is 6.92 Å². The van der Waals surface area contributed by atoms with Crippen LogP contribution in [0, 0.1) is 0 Å². The second-order valence-electron chi connectivity index (χ2n) is 4.67. The van der Waals surface area contributed by atoms with Gasteiger partial charge in [-0.1, -0.05) is 0 Å². The molecular weight excluding hydrogens is 276 g/mol. The molecule has 0 aromatic carbocycles. The smallest absolute Gasteiger partial charge is 0.0701 e. The molecule has 0 spiro atoms. The Morgan fingerprint density at radius 3 is 1.86 bits per heavy atom. The summed E-state index contributed by atoms with van der Waals surface area (Å²) < 4.78 is 21.0. The van der Waals surface area contributed by atoms with E-state index < -0.39 is 0 Å². The van der Waals surface area contributed by atoms with E-state index in [4.69, 9.17) is 18.9 Å². The fraction of sp³-hybridized carbons (Fsp3) is 1.00. The molecule has 0 unspecified atom stereocenters. The molecule has 0 bridgehead atoms. The maximum absolute atomic E-state index is 9.47. The third kappa shape index (κ3) is 15.9. The van der Waals surface area contributed by atoms with Gasteiger partial charge in [-0.2, -0.15) is 5.06 Å². The molecule has 7 nitrogen and oxygen atoms in total. The van der Waals surface area contributed by atoms with Gasteiger partial charge in [0, 0.05) is 39.9 Å². The van der Waals surface area contributed by atoms with Gasteiger partial charge in [-0.05, 0) is 14.0 Å². The van der Waals surface area contributed by atoms with E-state index in [9.17, 15) is 5.21 Å². The van der Waals surface area contributed by atoms with Gasteiger partial charge < -0.3 is 29.1 Å². The van der Waals surface area contributed by atoms with Crippen molar-refractivity contribution in [2.75, 3.05) is 86.6 Å². The first-order chi connectivity index (χ1) is 10.2. The quantitative estimate of drug-likeness (QED) is 0.325. The number of rotatable bonds is 16. The molecule has 0 amide bonds. The molecule has 1 N–H and O–H groups in total. The molecule has 0 radical (unpaired) electrons. The standard InChI is InChI=1S/C14H32N2O5/c1-4-19-11-7-16(17)8-12-21-14-13-20-10-6-15(2)5-9-18-3/h17H,4-14H2,1-3H3. The highest BCUT2D eigenvalue weighted by Crippen LogP contribution is 1.87. The fourth-order valence-corrected chi connectivity index (χ4v) is 1.50. The Kier molecular flexibility index (Phi) is 15.9. The molecular formula is C14H32N2O5. The van der Waals surface area contributed by atoms with E-state index in [-0.39, 0.29) is 0 Å². The summed E-state index contributed by atoms with van der Waals surface area (Å²) in [4.78, 5) is 2.16. The molecule has 128 valence electrons. The lowest BCUT2D eigenvalue weighted by Gasteiger charge is -2.16. The highest BCUT2D eigenvalue weighted by atomic mass is 16.5. The zero-order chi connectivity index (χ0) is 15.8. The Balaban J connectivity index is 3.18. The molecule has 0 rings (SSSR count). The molecule has 0 aliphatic rings. The number of methoxy groups -OCH3 is 1. The first-order valence-electron chi connectivity index (χ1n) is 7.55. The highest BCUT2D eigenvalue weighted by molar-refractivity contribution is 4.49. The summed E-state index contributed by atoms with van der Waals surface area (Å²) in [6.07, 6.45) is 0. The SMILES string of the molecule is CCOCCN(O)CCOCCOCCN(C)CCOC. The van der Waals surface area contributed by atoms with Crippen LogP contribution in [0.15, 0.2) is 0 Å². The van der Waals surface area contributed by atoms with Crippen molar-refractivity contribution >= 4 is 0 Å². The van der Waals surface area contributed by atoms with Gasteiger partial charge in [-0.25, -0.2) is 0 Å². The summed E-state index contributed by atoms with van der Waals surface area (Å²) in [5.74, 6) is 0. The van der Waals surface area contributed by atoms with E-state index in [1.807, 2.05) is 14.0 Å². The zero-order valence-corrected chi connectivity index (χ0v) is 13.8. The minimum atomic E-state index is 0.479. The van der Waals surface area contributed by atoms with E-state index in [0.717, 1.165) is 19.7 Å². The van der Waals surface area contributed by atoms with E-state index >= 15 is 0 Å². The van der Waals surface area contributed by atoms with E-state index in [2.05, 4.69) is 4.90 Å². The van der Waals surface area contributed by atoms with E-state index in [1.54, 1.807) is 7.11 Å². The van der Waals surface area contributed by atoms with Crippen LogP contribution in [0.25, 0.3) is 0 Å². The maximum atomic E-state index is 9.47. The van der Waals surface area contributed by atoms with Crippen molar-refractivity contribution in [3.63, 3.8) is 0 Å². The lowest BCUT2D eigenvalue weighted by atomic mass is 10.5. The van der Waals surface area contributed by atoms with Crippen LogP contribution in [0.1, 0.15) is 6.92 Å². The van der Waals surface area contributed by atoms with Gasteiger partial charge in [0.25, 0.3) is 0 Å². The van der Waals surface area contributed by atoms with Gasteiger partial charge in [0.15, 0.2) is 0 Å². The highest BCUT2D eigenvalue weighted by Gasteiger charge is 2.00. The molecule has 0 fully saturated rings. The lowest BCUT2D eigenvalue weighted by Crippen LogP contribution is -2.28. The van der Waals surface area contributed by atoms with Crippen LogP contribution in [0.2, 0.25) is 0 Å². The maximum Gasteiger partial charge on any atom is 0.0701 e. The van der Waals surface area contributed by atoms with Gasteiger partial charge in [-0.3, -0.25) is 0 Å². The Morgan fingerprint density at radius 1 is 0.762 bits per heavy atom. The first-order valence-corrected chi connectivity index (χ1v) is 7.55. The number of likely N-dealkylation sites (N-methyl/N-ethyl adjacent to an activating group) is 1. The normalized spacial score (nSPS) is 11.7. The van der Waals surface area contributed by atoms with Crippen LogP contribution in [0.4, 0.5) is 0 Å². The Bertz CT molecular complexity index is 210. The molecule has 0 aromatic heterocycles. The van der Waals surface area contributed by atoms with Crippen molar-refractivity contribution < 1.29 is 24.2 Å². The van der Waals surface area contributed by atoms with Crippen molar-refractivity contribution in [1.82, 2.24) is 9.96 Å². The monoisotopic (exact) mass is 308 g/mol. The third-order valence-electron chi connectivity index (χ3n) is 2.86. The van der Waals surface area contributed by atoms with Crippen molar-refractivity contribution in [3.8, 4) is 0 Å². The second-order valence-corrected chi connectivity index (χ2v) is 4.67. The van der Waals surface area contributed by atoms with Crippen LogP contribution < -0.4 is 0 Å². The topological polar surface area (TPSA) is 63.6 Å². The largest absolute Gasteiger partial charge is 0.383 e. The van der Waals surface area contributed by atoms with Crippen molar-refractivity contribution in [1.29, 1.82) is 0 Å². The number of nitrogens with zero attached hydrogens (tertiary/aromatic N) is 2. The average Bonchev–Trinajstić information content (AvgIpc) is 2.48. The zero-order valence-electron chi connectivity index (χ0n) is 13.8. The van der Waals surface area contributed by atoms with Gasteiger partial charge in [-0.15, -0.1) is 0 Å². The van der Waals surface area contributed by atoms with Gasteiger partial charge in [0.1, 0.15) is 0 Å². The number of hydroxylamine groups is 2. The summed E-state index contributed by atoms with van der Waals surface area (Å²) in [5, 5.41) is 10.7. The molecule has 0 aromatic rings. The third-order valence-corrected chi connectivity index (χ3v) is 2.86. The molecule has 0 atom stereocenters. The summed E-state index contributed by atoms with van der Waals surface area (Å²) in [6, 6.07) is 0. The van der Waals surface area contributed by atoms with Crippen LogP contribution in [-0.2, 0) is 18.9 Å². The molecule has 0 aliphatic carbocycles. The van der Waals surface area contributed by atoms with Crippen LogP contribution in [0.5, 0.6) is 0 Å². The Morgan fingerprint density at radius 2 is 1.29 bits per heavy atom. The summed E-state index contributed by atoms with van der Waals surface area (Å²) >= 11 is 0. The fourth-order valence-electron chi connectivity index (χ4n) is 1.50. The molecule has 0 saturated heterocycles. The predicted octanol–water partition coefficient (Wildman–Crippen LogP) is 0.326. The number of ether oxygens (including phenoxy) is 4. The average molecular weight is 308 g/mol. The minimum absolute atomic E-state index is 0.479. The minimum Gasteiger partial charge on any atom is -0.383 e. The second kappa shape index (κ2) is 16.1.